The fraction of sp³-hybridized carbons (Fsp3) is 0.611. The van der Waals surface area contributed by atoms with Crippen LogP contribution < -0.4 is 10.6 Å². The Balaban J connectivity index is 1.92. The second-order valence-electron chi connectivity index (χ2n) is 5.95. The van der Waals surface area contributed by atoms with Crippen LogP contribution in [0.15, 0.2) is 30.3 Å². The van der Waals surface area contributed by atoms with E-state index < -0.39 is 0 Å². The molecule has 0 aliphatic carbocycles. The lowest BCUT2D eigenvalue weighted by Crippen LogP contribution is -2.39. The van der Waals surface area contributed by atoms with Crippen LogP contribution in [0.5, 0.6) is 0 Å². The fourth-order valence-corrected chi connectivity index (χ4v) is 3.23. The summed E-state index contributed by atoms with van der Waals surface area (Å²) in [5.74, 6) is 0.160. The molecule has 0 aromatic heterocycles. The summed E-state index contributed by atoms with van der Waals surface area (Å²) in [5, 5.41) is 6.52. The molecule has 4 nitrogen and oxygen atoms in total. The highest BCUT2D eigenvalue weighted by atomic mass is 16.1. The number of likely N-dealkylation sites (N-methyl/N-ethyl adjacent to an activating group) is 1. The first-order valence-electron chi connectivity index (χ1n) is 8.53. The molecule has 1 saturated heterocycles. The summed E-state index contributed by atoms with van der Waals surface area (Å²) in [6.07, 6.45) is 2.90. The number of carbonyl (C=O) groups excluding carboxylic acids is 1. The lowest BCUT2D eigenvalue weighted by atomic mass is 10.0. The molecule has 2 atom stereocenters. The van der Waals surface area contributed by atoms with Gasteiger partial charge in [-0.3, -0.25) is 9.69 Å². The highest BCUT2D eigenvalue weighted by molar-refractivity contribution is 5.76. The zero-order valence-corrected chi connectivity index (χ0v) is 13.8. The van der Waals surface area contributed by atoms with Crippen LogP contribution >= 0.6 is 0 Å². The van der Waals surface area contributed by atoms with Crippen molar-refractivity contribution in [3.63, 3.8) is 0 Å². The van der Waals surface area contributed by atoms with E-state index in [1.807, 2.05) is 6.07 Å². The normalized spacial score (nSPS) is 19.3. The third-order valence-electron chi connectivity index (χ3n) is 4.52. The second kappa shape index (κ2) is 8.91. The maximum Gasteiger partial charge on any atom is 0.221 e. The van der Waals surface area contributed by atoms with Gasteiger partial charge in [-0.1, -0.05) is 44.2 Å². The molecule has 0 bridgehead atoms. The molecule has 0 spiro atoms. The van der Waals surface area contributed by atoms with Gasteiger partial charge < -0.3 is 10.6 Å². The van der Waals surface area contributed by atoms with E-state index in [2.05, 4.69) is 53.6 Å². The zero-order chi connectivity index (χ0) is 15.8. The number of nitrogens with zero attached hydrogens (tertiary/aromatic N) is 1. The summed E-state index contributed by atoms with van der Waals surface area (Å²) in [6.45, 7) is 8.03. The van der Waals surface area contributed by atoms with Crippen molar-refractivity contribution in [1.29, 1.82) is 0 Å². The maximum absolute atomic E-state index is 12.2. The Hall–Kier alpha value is -1.39. The van der Waals surface area contributed by atoms with Crippen LogP contribution in [0.25, 0.3) is 0 Å². The van der Waals surface area contributed by atoms with Gasteiger partial charge in [0.25, 0.3) is 0 Å². The smallest absolute Gasteiger partial charge is 0.221 e. The molecule has 4 heteroatoms. The Bertz CT molecular complexity index is 439. The number of hydrogen-bond donors (Lipinski definition) is 2. The molecule has 1 aromatic carbocycles. The molecule has 122 valence electrons. The van der Waals surface area contributed by atoms with Crippen LogP contribution in [0.4, 0.5) is 0 Å². The van der Waals surface area contributed by atoms with Crippen LogP contribution in [-0.4, -0.2) is 43.0 Å². The average Bonchev–Trinajstić information content (AvgIpc) is 3.05. The van der Waals surface area contributed by atoms with Crippen LogP contribution in [0, 0.1) is 0 Å². The molecule has 1 fully saturated rings. The van der Waals surface area contributed by atoms with Gasteiger partial charge in [0, 0.05) is 19.0 Å². The fourth-order valence-electron chi connectivity index (χ4n) is 3.23. The maximum atomic E-state index is 12.2. The Kier molecular flexibility index (Phi) is 6.87. The van der Waals surface area contributed by atoms with Gasteiger partial charge in [0.05, 0.1) is 6.04 Å². The summed E-state index contributed by atoms with van der Waals surface area (Å²) in [4.78, 5) is 14.6. The third kappa shape index (κ3) is 4.82. The molecule has 2 N–H and O–H groups in total. The largest absolute Gasteiger partial charge is 0.354 e. The predicted octanol–water partition coefficient (Wildman–Crippen LogP) is 2.33. The van der Waals surface area contributed by atoms with Crippen LogP contribution in [0.2, 0.25) is 0 Å². The predicted molar refractivity (Wildman–Crippen MR) is 90.8 cm³/mol. The molecular weight excluding hydrogens is 274 g/mol. The van der Waals surface area contributed by atoms with Crippen molar-refractivity contribution in [3.05, 3.63) is 35.9 Å². The molecule has 1 amide bonds. The molecule has 1 aromatic rings. The van der Waals surface area contributed by atoms with Crippen molar-refractivity contribution in [2.24, 2.45) is 0 Å². The molecule has 1 aliphatic rings. The van der Waals surface area contributed by atoms with Gasteiger partial charge in [-0.2, -0.15) is 0 Å². The van der Waals surface area contributed by atoms with E-state index >= 15 is 0 Å². The van der Waals surface area contributed by atoms with E-state index in [-0.39, 0.29) is 11.9 Å². The Morgan fingerprint density at radius 1 is 1.32 bits per heavy atom. The summed E-state index contributed by atoms with van der Waals surface area (Å²) >= 11 is 0. The minimum Gasteiger partial charge on any atom is -0.354 e. The van der Waals surface area contributed by atoms with Crippen molar-refractivity contribution in [2.45, 2.75) is 45.2 Å². The topological polar surface area (TPSA) is 44.4 Å². The van der Waals surface area contributed by atoms with Gasteiger partial charge >= 0.3 is 0 Å². The second-order valence-corrected chi connectivity index (χ2v) is 5.95. The first-order valence-corrected chi connectivity index (χ1v) is 8.53. The summed E-state index contributed by atoms with van der Waals surface area (Å²) in [5.41, 5.74) is 1.27. The first kappa shape index (κ1) is 17.0. The molecule has 0 saturated carbocycles. The molecule has 1 heterocycles. The molecule has 0 radical (unpaired) electrons. The van der Waals surface area contributed by atoms with Crippen molar-refractivity contribution in [1.82, 2.24) is 15.5 Å². The minimum absolute atomic E-state index is 0.160. The Labute approximate surface area is 134 Å². The highest BCUT2D eigenvalue weighted by Gasteiger charge is 2.21. The van der Waals surface area contributed by atoms with Crippen molar-refractivity contribution < 1.29 is 4.79 Å². The summed E-state index contributed by atoms with van der Waals surface area (Å²) in [6, 6.07) is 11.1. The average molecular weight is 303 g/mol. The number of nitrogens with one attached hydrogen (secondary N) is 2. The number of amides is 1. The third-order valence-corrected chi connectivity index (χ3v) is 4.52. The Morgan fingerprint density at radius 3 is 2.64 bits per heavy atom. The molecule has 22 heavy (non-hydrogen) atoms. The van der Waals surface area contributed by atoms with Gasteiger partial charge in [-0.05, 0) is 38.0 Å². The van der Waals surface area contributed by atoms with E-state index in [4.69, 9.17) is 0 Å². The van der Waals surface area contributed by atoms with E-state index in [0.717, 1.165) is 26.1 Å². The first-order chi connectivity index (χ1) is 10.7. The van der Waals surface area contributed by atoms with Crippen molar-refractivity contribution in [2.75, 3.05) is 26.2 Å². The lowest BCUT2D eigenvalue weighted by molar-refractivity contribution is -0.121. The van der Waals surface area contributed by atoms with E-state index in [1.165, 1.54) is 12.0 Å². The molecule has 2 unspecified atom stereocenters. The lowest BCUT2D eigenvalue weighted by Gasteiger charge is -2.30. The summed E-state index contributed by atoms with van der Waals surface area (Å²) in [7, 11) is 0. The SMILES string of the molecule is CCN(CC)C(CNC(=O)CC1CCCN1)c1ccccc1. The van der Waals surface area contributed by atoms with Gasteiger partial charge in [0.1, 0.15) is 0 Å². The van der Waals surface area contributed by atoms with Crippen molar-refractivity contribution >= 4 is 5.91 Å². The number of carbonyl (C=O) groups is 1. The van der Waals surface area contributed by atoms with Crippen LogP contribution in [0.3, 0.4) is 0 Å². The number of hydrogen-bond acceptors (Lipinski definition) is 3. The zero-order valence-electron chi connectivity index (χ0n) is 13.8. The molecular formula is C18H29N3O. The van der Waals surface area contributed by atoms with E-state index in [0.29, 0.717) is 19.0 Å². The van der Waals surface area contributed by atoms with Crippen LogP contribution in [-0.2, 0) is 4.79 Å². The quantitative estimate of drug-likeness (QED) is 0.775. The van der Waals surface area contributed by atoms with E-state index in [9.17, 15) is 4.79 Å². The monoisotopic (exact) mass is 303 g/mol. The number of benzene rings is 1. The minimum atomic E-state index is 0.160. The molecule has 2 rings (SSSR count). The Morgan fingerprint density at radius 2 is 2.05 bits per heavy atom. The number of rotatable bonds is 8. The summed E-state index contributed by atoms with van der Waals surface area (Å²) < 4.78 is 0. The van der Waals surface area contributed by atoms with E-state index in [1.54, 1.807) is 0 Å². The van der Waals surface area contributed by atoms with Gasteiger partial charge in [-0.15, -0.1) is 0 Å². The standard InChI is InChI=1S/C18H29N3O/c1-3-21(4-2)17(15-9-6-5-7-10-15)14-20-18(22)13-16-11-8-12-19-16/h5-7,9-10,16-17,19H,3-4,8,11-14H2,1-2H3,(H,20,22). The molecule has 1 aliphatic heterocycles. The highest BCUT2D eigenvalue weighted by Crippen LogP contribution is 2.19. The van der Waals surface area contributed by atoms with Gasteiger partial charge in [0.2, 0.25) is 5.91 Å². The van der Waals surface area contributed by atoms with Crippen molar-refractivity contribution in [3.8, 4) is 0 Å². The van der Waals surface area contributed by atoms with Crippen LogP contribution in [0.1, 0.15) is 44.7 Å². The van der Waals surface area contributed by atoms with Gasteiger partial charge in [-0.25, -0.2) is 0 Å². The van der Waals surface area contributed by atoms with Gasteiger partial charge in [0.15, 0.2) is 0 Å².